The van der Waals surface area contributed by atoms with Crippen molar-refractivity contribution in [2.24, 2.45) is 5.92 Å². The van der Waals surface area contributed by atoms with Crippen molar-refractivity contribution in [1.29, 1.82) is 5.26 Å². The van der Waals surface area contributed by atoms with Crippen LogP contribution in [0.4, 0.5) is 15.8 Å². The van der Waals surface area contributed by atoms with Gasteiger partial charge in [0.25, 0.3) is 0 Å². The lowest BCUT2D eigenvalue weighted by Gasteiger charge is -2.46. The van der Waals surface area contributed by atoms with E-state index in [1.807, 2.05) is 24.3 Å². The van der Waals surface area contributed by atoms with E-state index in [0.29, 0.717) is 6.42 Å². The summed E-state index contributed by atoms with van der Waals surface area (Å²) in [7, 11) is 0. The van der Waals surface area contributed by atoms with E-state index in [4.69, 9.17) is 0 Å². The fourth-order valence-electron chi connectivity index (χ4n) is 7.90. The lowest BCUT2D eigenvalue weighted by Crippen LogP contribution is -2.40. The van der Waals surface area contributed by atoms with Crippen LogP contribution in [0.15, 0.2) is 139 Å². The molecule has 5 aromatic carbocycles. The van der Waals surface area contributed by atoms with Gasteiger partial charge in [0.05, 0.1) is 17.4 Å². The summed E-state index contributed by atoms with van der Waals surface area (Å²) in [5.74, 6) is -0.419. The molecule has 8 rings (SSSR count). The Bertz CT molecular complexity index is 2010. The van der Waals surface area contributed by atoms with Gasteiger partial charge >= 0.3 is 0 Å². The van der Waals surface area contributed by atoms with E-state index in [1.54, 1.807) is 0 Å². The first-order valence-electron chi connectivity index (χ1n) is 15.2. The van der Waals surface area contributed by atoms with Gasteiger partial charge in [0, 0.05) is 22.5 Å². The number of allylic oxidation sites excluding steroid dienone is 3. The van der Waals surface area contributed by atoms with E-state index in [2.05, 4.69) is 122 Å². The molecule has 2 nitrogen and oxygen atoms in total. The van der Waals surface area contributed by atoms with Gasteiger partial charge in [-0.1, -0.05) is 105 Å². The maximum Gasteiger partial charge on any atom is 0.123 e. The van der Waals surface area contributed by atoms with Crippen LogP contribution in [0.1, 0.15) is 53.6 Å². The number of nitriles is 1. The van der Waals surface area contributed by atoms with Crippen molar-refractivity contribution >= 4 is 11.4 Å². The van der Waals surface area contributed by atoms with Gasteiger partial charge in [0.15, 0.2) is 0 Å². The summed E-state index contributed by atoms with van der Waals surface area (Å²) in [6.45, 7) is 4.67. The van der Waals surface area contributed by atoms with Crippen molar-refractivity contribution in [3.05, 3.63) is 178 Å². The van der Waals surface area contributed by atoms with Gasteiger partial charge in [0.2, 0.25) is 0 Å². The number of fused-ring (bicyclic) bond motifs is 9. The minimum Gasteiger partial charge on any atom is -0.311 e. The van der Waals surface area contributed by atoms with Crippen LogP contribution in [-0.4, -0.2) is 0 Å². The standard InChI is InChI=1S/C41H31FN2/c1-40(2)35-11-5-7-13-37(35)41(38-14-8-6-12-36(38)40)34-10-4-3-9-32(34)33-24-23-31(25-39(33)41)44(30-21-17-28(42)18-22-30)29-19-15-27(26-43)16-20-29/h3-15,17-25,27H,16H2,1-2H3. The van der Waals surface area contributed by atoms with Crippen molar-refractivity contribution in [2.75, 3.05) is 4.90 Å². The van der Waals surface area contributed by atoms with Crippen LogP contribution in [0.3, 0.4) is 0 Å². The van der Waals surface area contributed by atoms with E-state index in [-0.39, 0.29) is 17.2 Å². The Kier molecular flexibility index (Phi) is 5.80. The molecule has 0 bridgehead atoms. The molecule has 3 aliphatic rings. The number of halogens is 1. The van der Waals surface area contributed by atoms with Crippen LogP contribution in [-0.2, 0) is 10.8 Å². The predicted octanol–water partition coefficient (Wildman–Crippen LogP) is 9.95. The van der Waals surface area contributed by atoms with Crippen LogP contribution < -0.4 is 4.90 Å². The summed E-state index contributed by atoms with van der Waals surface area (Å²) >= 11 is 0. The highest BCUT2D eigenvalue weighted by molar-refractivity contribution is 5.90. The Labute approximate surface area is 258 Å². The maximum atomic E-state index is 14.1. The van der Waals surface area contributed by atoms with E-state index in [0.717, 1.165) is 17.1 Å². The largest absolute Gasteiger partial charge is 0.311 e. The Balaban J connectivity index is 1.43. The molecule has 5 aromatic rings. The van der Waals surface area contributed by atoms with Crippen molar-refractivity contribution in [2.45, 2.75) is 31.1 Å². The van der Waals surface area contributed by atoms with Gasteiger partial charge in [-0.3, -0.25) is 0 Å². The highest BCUT2D eigenvalue weighted by Gasteiger charge is 2.53. The van der Waals surface area contributed by atoms with Gasteiger partial charge in [-0.15, -0.1) is 0 Å². The second-order valence-electron chi connectivity index (χ2n) is 12.5. The molecule has 0 fully saturated rings. The average molecular weight is 571 g/mol. The van der Waals surface area contributed by atoms with Gasteiger partial charge in [-0.05, 0) is 93.4 Å². The Morgan fingerprint density at radius 1 is 0.682 bits per heavy atom. The Morgan fingerprint density at radius 3 is 1.86 bits per heavy atom. The molecular formula is C41H31FN2. The molecule has 0 amide bonds. The molecule has 1 spiro atoms. The molecule has 3 aliphatic carbocycles. The zero-order valence-corrected chi connectivity index (χ0v) is 24.8. The lowest BCUT2D eigenvalue weighted by atomic mass is 9.55. The van der Waals surface area contributed by atoms with Crippen LogP contribution in [0.25, 0.3) is 11.1 Å². The monoisotopic (exact) mass is 570 g/mol. The molecule has 1 unspecified atom stereocenters. The summed E-state index contributed by atoms with van der Waals surface area (Å²) in [4.78, 5) is 2.19. The molecule has 0 radical (unpaired) electrons. The number of anilines is 2. The van der Waals surface area contributed by atoms with E-state index < -0.39 is 5.41 Å². The van der Waals surface area contributed by atoms with E-state index in [1.165, 1.54) is 56.6 Å². The molecule has 0 aromatic heterocycles. The van der Waals surface area contributed by atoms with Crippen molar-refractivity contribution in [3.8, 4) is 17.2 Å². The zero-order chi connectivity index (χ0) is 30.1. The topological polar surface area (TPSA) is 27.0 Å². The summed E-state index contributed by atoms with van der Waals surface area (Å²) in [6, 6.07) is 42.5. The third kappa shape index (κ3) is 3.58. The second-order valence-corrected chi connectivity index (χ2v) is 12.5. The van der Waals surface area contributed by atoms with Crippen LogP contribution in [0, 0.1) is 23.1 Å². The highest BCUT2D eigenvalue weighted by Crippen LogP contribution is 2.62. The quantitative estimate of drug-likeness (QED) is 0.212. The first-order chi connectivity index (χ1) is 21.4. The minimum absolute atomic E-state index is 0.148. The molecule has 0 aliphatic heterocycles. The fourth-order valence-corrected chi connectivity index (χ4v) is 7.90. The minimum atomic E-state index is -0.498. The maximum absolute atomic E-state index is 14.1. The smallest absolute Gasteiger partial charge is 0.123 e. The number of nitrogens with zero attached hydrogens (tertiary/aromatic N) is 2. The summed E-state index contributed by atoms with van der Waals surface area (Å²) < 4.78 is 14.1. The molecule has 212 valence electrons. The third-order valence-electron chi connectivity index (χ3n) is 9.88. The average Bonchev–Trinajstić information content (AvgIpc) is 3.36. The predicted molar refractivity (Wildman–Crippen MR) is 175 cm³/mol. The Hall–Kier alpha value is -5.20. The normalized spacial score (nSPS) is 18.0. The van der Waals surface area contributed by atoms with Crippen LogP contribution in [0.2, 0.25) is 0 Å². The van der Waals surface area contributed by atoms with E-state index >= 15 is 0 Å². The van der Waals surface area contributed by atoms with Crippen molar-refractivity contribution < 1.29 is 4.39 Å². The SMILES string of the molecule is CC1(C)c2ccccc2C2(c3ccccc3-c3ccc(N(C4=CCC(C#N)C=C4)c4ccc(F)cc4)cc32)c2ccccc21. The van der Waals surface area contributed by atoms with Crippen LogP contribution >= 0.6 is 0 Å². The number of benzene rings is 5. The molecule has 3 heteroatoms. The molecule has 1 atom stereocenters. The number of hydrogen-bond acceptors (Lipinski definition) is 2. The molecule has 0 saturated heterocycles. The van der Waals surface area contributed by atoms with Crippen LogP contribution in [0.5, 0.6) is 0 Å². The molecule has 0 heterocycles. The summed E-state index contributed by atoms with van der Waals surface area (Å²) in [6.07, 6.45) is 6.73. The van der Waals surface area contributed by atoms with Crippen molar-refractivity contribution in [3.63, 3.8) is 0 Å². The number of hydrogen-bond donors (Lipinski definition) is 0. The van der Waals surface area contributed by atoms with E-state index in [9.17, 15) is 9.65 Å². The Morgan fingerprint density at radius 2 is 1.25 bits per heavy atom. The first kappa shape index (κ1) is 26.4. The highest BCUT2D eigenvalue weighted by atomic mass is 19.1. The third-order valence-corrected chi connectivity index (χ3v) is 9.88. The first-order valence-corrected chi connectivity index (χ1v) is 15.2. The van der Waals surface area contributed by atoms with Gasteiger partial charge < -0.3 is 4.90 Å². The van der Waals surface area contributed by atoms with Crippen molar-refractivity contribution in [1.82, 2.24) is 0 Å². The van der Waals surface area contributed by atoms with Gasteiger partial charge in [0.1, 0.15) is 5.82 Å². The summed E-state index contributed by atoms with van der Waals surface area (Å²) in [5, 5.41) is 9.52. The fraction of sp³-hybridized carbons (Fsp3) is 0.146. The zero-order valence-electron chi connectivity index (χ0n) is 24.8. The lowest BCUT2D eigenvalue weighted by molar-refractivity contribution is 0.563. The van der Waals surface area contributed by atoms with Gasteiger partial charge in [-0.25, -0.2) is 4.39 Å². The summed E-state index contributed by atoms with van der Waals surface area (Å²) in [5.41, 5.74) is 12.5. The molecule has 0 N–H and O–H groups in total. The molecular weight excluding hydrogens is 539 g/mol. The molecule has 0 saturated carbocycles. The second kappa shape index (κ2) is 9.66. The van der Waals surface area contributed by atoms with Gasteiger partial charge in [-0.2, -0.15) is 5.26 Å². The molecule has 44 heavy (non-hydrogen) atoms. The number of rotatable bonds is 3.